The molecule has 0 bridgehead atoms. The third kappa shape index (κ3) is 5.97. The lowest BCUT2D eigenvalue weighted by atomic mass is 10.0. The van der Waals surface area contributed by atoms with Crippen molar-refractivity contribution in [2.24, 2.45) is 0 Å². The SMILES string of the molecule is Cc1c(Cl)cccc1NC(=O)C(=O)NCC(c1ccc(N(C)C)cc1)N1CCOCC1. The van der Waals surface area contributed by atoms with Crippen LogP contribution in [0.25, 0.3) is 0 Å². The molecule has 31 heavy (non-hydrogen) atoms. The summed E-state index contributed by atoms with van der Waals surface area (Å²) in [5, 5.41) is 5.97. The Labute approximate surface area is 188 Å². The molecule has 3 rings (SSSR count). The van der Waals surface area contributed by atoms with Crippen LogP contribution in [0.1, 0.15) is 17.2 Å². The number of anilines is 2. The van der Waals surface area contributed by atoms with Crippen molar-refractivity contribution in [2.75, 3.05) is 57.2 Å². The van der Waals surface area contributed by atoms with Crippen LogP contribution in [0.5, 0.6) is 0 Å². The van der Waals surface area contributed by atoms with Crippen LogP contribution in [0.4, 0.5) is 11.4 Å². The number of nitrogens with one attached hydrogen (secondary N) is 2. The first-order valence-corrected chi connectivity index (χ1v) is 10.7. The molecule has 0 radical (unpaired) electrons. The molecule has 166 valence electrons. The van der Waals surface area contributed by atoms with E-state index in [0.29, 0.717) is 30.5 Å². The van der Waals surface area contributed by atoms with Gasteiger partial charge in [-0.2, -0.15) is 0 Å². The summed E-state index contributed by atoms with van der Waals surface area (Å²) >= 11 is 6.09. The maximum Gasteiger partial charge on any atom is 0.313 e. The Kier molecular flexibility index (Phi) is 7.90. The zero-order chi connectivity index (χ0) is 22.4. The van der Waals surface area contributed by atoms with E-state index in [1.54, 1.807) is 25.1 Å². The Morgan fingerprint density at radius 3 is 2.42 bits per heavy atom. The van der Waals surface area contributed by atoms with Crippen LogP contribution < -0.4 is 15.5 Å². The van der Waals surface area contributed by atoms with E-state index in [4.69, 9.17) is 16.3 Å². The summed E-state index contributed by atoms with van der Waals surface area (Å²) in [6.45, 7) is 4.95. The Balaban J connectivity index is 1.68. The van der Waals surface area contributed by atoms with Crippen molar-refractivity contribution in [1.82, 2.24) is 10.2 Å². The van der Waals surface area contributed by atoms with Gasteiger partial charge in [-0.1, -0.05) is 29.8 Å². The maximum atomic E-state index is 12.5. The number of nitrogens with zero attached hydrogens (tertiary/aromatic N) is 2. The van der Waals surface area contributed by atoms with Gasteiger partial charge < -0.3 is 20.3 Å². The second-order valence-corrected chi connectivity index (χ2v) is 8.13. The summed E-state index contributed by atoms with van der Waals surface area (Å²) in [5.74, 6) is -1.39. The molecule has 0 spiro atoms. The molecule has 1 saturated heterocycles. The second kappa shape index (κ2) is 10.6. The molecule has 1 aliphatic heterocycles. The largest absolute Gasteiger partial charge is 0.379 e. The van der Waals surface area contributed by atoms with Gasteiger partial charge in [-0.05, 0) is 42.3 Å². The highest BCUT2D eigenvalue weighted by atomic mass is 35.5. The molecule has 1 aliphatic rings. The van der Waals surface area contributed by atoms with Crippen molar-refractivity contribution < 1.29 is 14.3 Å². The van der Waals surface area contributed by atoms with Crippen molar-refractivity contribution in [3.8, 4) is 0 Å². The van der Waals surface area contributed by atoms with Gasteiger partial charge in [-0.25, -0.2) is 0 Å². The molecule has 2 aromatic carbocycles. The predicted molar refractivity (Wildman–Crippen MR) is 124 cm³/mol. The fraction of sp³-hybridized carbons (Fsp3) is 0.391. The molecule has 7 nitrogen and oxygen atoms in total. The highest BCUT2D eigenvalue weighted by molar-refractivity contribution is 6.40. The number of carbonyl (C=O) groups excluding carboxylic acids is 2. The molecule has 8 heteroatoms. The number of hydrogen-bond acceptors (Lipinski definition) is 5. The van der Waals surface area contributed by atoms with Crippen molar-refractivity contribution in [3.05, 3.63) is 58.6 Å². The molecule has 2 amide bonds. The number of morpholine rings is 1. The zero-order valence-electron chi connectivity index (χ0n) is 18.2. The lowest BCUT2D eigenvalue weighted by molar-refractivity contribution is -0.136. The quantitative estimate of drug-likeness (QED) is 0.670. The summed E-state index contributed by atoms with van der Waals surface area (Å²) in [7, 11) is 3.99. The number of rotatable bonds is 6. The normalized spacial score (nSPS) is 15.2. The van der Waals surface area contributed by atoms with Gasteiger partial charge in [0, 0.05) is 50.1 Å². The van der Waals surface area contributed by atoms with Crippen molar-refractivity contribution in [1.29, 1.82) is 0 Å². The molecular weight excluding hydrogens is 416 g/mol. The minimum Gasteiger partial charge on any atom is -0.379 e. The smallest absolute Gasteiger partial charge is 0.313 e. The minimum absolute atomic E-state index is 0.0511. The molecule has 0 aromatic heterocycles. The van der Waals surface area contributed by atoms with Gasteiger partial charge in [0.05, 0.1) is 19.3 Å². The standard InChI is InChI=1S/C23H29ClN4O3/c1-16-19(24)5-4-6-20(16)26-23(30)22(29)25-15-21(28-11-13-31-14-12-28)17-7-9-18(10-8-17)27(2)3/h4-10,21H,11-15H2,1-3H3,(H,25,29)(H,26,30). The van der Waals surface area contributed by atoms with Gasteiger partial charge in [0.25, 0.3) is 0 Å². The highest BCUT2D eigenvalue weighted by Gasteiger charge is 2.25. The summed E-state index contributed by atoms with van der Waals surface area (Å²) < 4.78 is 5.48. The van der Waals surface area contributed by atoms with Gasteiger partial charge in [-0.3, -0.25) is 14.5 Å². The summed E-state index contributed by atoms with van der Waals surface area (Å²) in [4.78, 5) is 29.2. The van der Waals surface area contributed by atoms with E-state index >= 15 is 0 Å². The van der Waals surface area contributed by atoms with Gasteiger partial charge in [0.2, 0.25) is 0 Å². The van der Waals surface area contributed by atoms with Crippen molar-refractivity contribution in [3.63, 3.8) is 0 Å². The topological polar surface area (TPSA) is 73.9 Å². The minimum atomic E-state index is -0.714. The number of hydrogen-bond donors (Lipinski definition) is 2. The van der Waals surface area contributed by atoms with E-state index < -0.39 is 11.8 Å². The average Bonchev–Trinajstić information content (AvgIpc) is 2.78. The van der Waals surface area contributed by atoms with E-state index in [0.717, 1.165) is 29.9 Å². The Morgan fingerprint density at radius 1 is 1.10 bits per heavy atom. The number of carbonyl (C=O) groups is 2. The van der Waals surface area contributed by atoms with Gasteiger partial charge in [0.15, 0.2) is 0 Å². The fourth-order valence-corrected chi connectivity index (χ4v) is 3.71. The lowest BCUT2D eigenvalue weighted by Gasteiger charge is -2.35. The second-order valence-electron chi connectivity index (χ2n) is 7.73. The fourth-order valence-electron chi connectivity index (χ4n) is 3.53. The average molecular weight is 445 g/mol. The Morgan fingerprint density at radius 2 is 1.77 bits per heavy atom. The van der Waals surface area contributed by atoms with Crippen LogP contribution in [-0.2, 0) is 14.3 Å². The molecular formula is C23H29ClN4O3. The third-order valence-corrected chi connectivity index (χ3v) is 5.87. The van der Waals surface area contributed by atoms with Crippen LogP contribution in [0.15, 0.2) is 42.5 Å². The summed E-state index contributed by atoms with van der Waals surface area (Å²) in [6, 6.07) is 13.4. The molecule has 1 atom stereocenters. The molecule has 1 heterocycles. The van der Waals surface area contributed by atoms with Crippen LogP contribution in [0.3, 0.4) is 0 Å². The predicted octanol–water partition coefficient (Wildman–Crippen LogP) is 2.84. The van der Waals surface area contributed by atoms with E-state index in [1.165, 1.54) is 0 Å². The van der Waals surface area contributed by atoms with Crippen LogP contribution in [0, 0.1) is 6.92 Å². The van der Waals surface area contributed by atoms with Crippen molar-refractivity contribution >= 4 is 34.8 Å². The monoisotopic (exact) mass is 444 g/mol. The van der Waals surface area contributed by atoms with E-state index in [2.05, 4.69) is 39.8 Å². The molecule has 0 saturated carbocycles. The maximum absolute atomic E-state index is 12.5. The zero-order valence-corrected chi connectivity index (χ0v) is 18.9. The number of amides is 2. The molecule has 2 N–H and O–H groups in total. The van der Waals surface area contributed by atoms with Crippen LogP contribution in [0.2, 0.25) is 5.02 Å². The first-order chi connectivity index (χ1) is 14.9. The first kappa shape index (κ1) is 23.1. The van der Waals surface area contributed by atoms with E-state index in [-0.39, 0.29) is 6.04 Å². The van der Waals surface area contributed by atoms with Crippen LogP contribution in [-0.4, -0.2) is 63.7 Å². The van der Waals surface area contributed by atoms with Gasteiger partial charge in [-0.15, -0.1) is 0 Å². The molecule has 2 aromatic rings. The van der Waals surface area contributed by atoms with E-state index in [9.17, 15) is 9.59 Å². The molecule has 1 fully saturated rings. The van der Waals surface area contributed by atoms with Crippen molar-refractivity contribution in [2.45, 2.75) is 13.0 Å². The lowest BCUT2D eigenvalue weighted by Crippen LogP contribution is -2.45. The van der Waals surface area contributed by atoms with Gasteiger partial charge in [0.1, 0.15) is 0 Å². The van der Waals surface area contributed by atoms with Gasteiger partial charge >= 0.3 is 11.8 Å². The van der Waals surface area contributed by atoms with E-state index in [1.807, 2.05) is 19.0 Å². The Hall–Kier alpha value is -2.61. The number of benzene rings is 2. The third-order valence-electron chi connectivity index (χ3n) is 5.46. The summed E-state index contributed by atoms with van der Waals surface area (Å²) in [5.41, 5.74) is 3.43. The molecule has 0 aliphatic carbocycles. The first-order valence-electron chi connectivity index (χ1n) is 10.3. The number of ether oxygens (including phenoxy) is 1. The summed E-state index contributed by atoms with van der Waals surface area (Å²) in [6.07, 6.45) is 0. The number of halogens is 1. The van der Waals surface area contributed by atoms with Crippen LogP contribution >= 0.6 is 11.6 Å². The highest BCUT2D eigenvalue weighted by Crippen LogP contribution is 2.24. The Bertz CT molecular complexity index is 912. The molecule has 1 unspecified atom stereocenters.